The number of ether oxygens (including phenoxy) is 2. The quantitative estimate of drug-likeness (QED) is 0.805. The molecule has 1 unspecified atom stereocenters. The van der Waals surface area contributed by atoms with Crippen LogP contribution >= 0.6 is 0 Å². The first-order valence-corrected chi connectivity index (χ1v) is 6.42. The molecule has 1 aromatic heterocycles. The lowest BCUT2D eigenvalue weighted by Gasteiger charge is -2.16. The number of hydrogen-bond acceptors (Lipinski definition) is 6. The average molecular weight is 277 g/mol. The number of benzene rings is 1. The predicted molar refractivity (Wildman–Crippen MR) is 75.4 cm³/mol. The molecule has 7 heteroatoms. The lowest BCUT2D eigenvalue weighted by Crippen LogP contribution is -2.17. The molecule has 2 rings (SSSR count). The molecule has 0 bridgehead atoms. The molecule has 0 spiro atoms. The zero-order valence-corrected chi connectivity index (χ0v) is 11.9. The molecule has 108 valence electrons. The molecule has 0 saturated carbocycles. The molecule has 0 aliphatic heterocycles. The van der Waals surface area contributed by atoms with E-state index in [4.69, 9.17) is 15.2 Å². The van der Waals surface area contributed by atoms with Crippen molar-refractivity contribution in [2.75, 3.05) is 26.6 Å². The van der Waals surface area contributed by atoms with Crippen LogP contribution in [0.4, 0.5) is 5.69 Å². The van der Waals surface area contributed by atoms with Crippen molar-refractivity contribution in [1.29, 1.82) is 0 Å². The Bertz CT molecular complexity index is 570. The zero-order valence-electron chi connectivity index (χ0n) is 11.9. The number of hydrogen-bond donors (Lipinski definition) is 1. The summed E-state index contributed by atoms with van der Waals surface area (Å²) in [6.45, 7) is 2.60. The molecule has 0 fully saturated rings. The Balaban J connectivity index is 2.46. The number of nitrogens with two attached hydrogens (primary N) is 1. The molecule has 20 heavy (non-hydrogen) atoms. The van der Waals surface area contributed by atoms with Crippen molar-refractivity contribution in [2.45, 2.75) is 19.4 Å². The minimum atomic E-state index is 0.0654. The van der Waals surface area contributed by atoms with Crippen molar-refractivity contribution in [3.8, 4) is 17.1 Å². The molecular weight excluding hydrogens is 258 g/mol. The van der Waals surface area contributed by atoms with E-state index >= 15 is 0 Å². The van der Waals surface area contributed by atoms with Crippen molar-refractivity contribution in [2.24, 2.45) is 0 Å². The highest BCUT2D eigenvalue weighted by molar-refractivity contribution is 5.73. The molecule has 0 saturated heterocycles. The fourth-order valence-electron chi connectivity index (χ4n) is 2.03. The molecule has 0 aliphatic carbocycles. The SMILES string of the molecule is CCC(COC)n1nnnc1-c1cc(OC)ccc1N. The second kappa shape index (κ2) is 6.33. The lowest BCUT2D eigenvalue weighted by atomic mass is 10.1. The summed E-state index contributed by atoms with van der Waals surface area (Å²) >= 11 is 0. The summed E-state index contributed by atoms with van der Waals surface area (Å²) in [6.07, 6.45) is 0.857. The number of tetrazole rings is 1. The predicted octanol–water partition coefficient (Wildman–Crippen LogP) is 1.53. The van der Waals surface area contributed by atoms with E-state index in [0.29, 0.717) is 23.9 Å². The van der Waals surface area contributed by atoms with E-state index in [2.05, 4.69) is 22.4 Å². The summed E-state index contributed by atoms with van der Waals surface area (Å²) in [4.78, 5) is 0. The van der Waals surface area contributed by atoms with Crippen LogP contribution < -0.4 is 10.5 Å². The minimum absolute atomic E-state index is 0.0654. The Morgan fingerprint density at radius 3 is 2.80 bits per heavy atom. The first-order valence-electron chi connectivity index (χ1n) is 6.42. The Labute approximate surface area is 117 Å². The van der Waals surface area contributed by atoms with Gasteiger partial charge in [-0.3, -0.25) is 0 Å². The monoisotopic (exact) mass is 277 g/mol. The Kier molecular flexibility index (Phi) is 4.52. The third kappa shape index (κ3) is 2.72. The number of aromatic nitrogens is 4. The van der Waals surface area contributed by atoms with Gasteiger partial charge in [0.2, 0.25) is 0 Å². The molecule has 0 aliphatic rings. The summed E-state index contributed by atoms with van der Waals surface area (Å²) in [5.41, 5.74) is 7.38. The minimum Gasteiger partial charge on any atom is -0.497 e. The number of nitrogen functional groups attached to an aromatic ring is 1. The maximum Gasteiger partial charge on any atom is 0.184 e. The van der Waals surface area contributed by atoms with Crippen LogP contribution in [0, 0.1) is 0 Å². The van der Waals surface area contributed by atoms with Crippen LogP contribution in [0.25, 0.3) is 11.4 Å². The fourth-order valence-corrected chi connectivity index (χ4v) is 2.03. The van der Waals surface area contributed by atoms with Crippen LogP contribution in [0.1, 0.15) is 19.4 Å². The highest BCUT2D eigenvalue weighted by Gasteiger charge is 2.19. The highest BCUT2D eigenvalue weighted by atomic mass is 16.5. The second-order valence-corrected chi connectivity index (χ2v) is 4.42. The fraction of sp³-hybridized carbons (Fsp3) is 0.462. The largest absolute Gasteiger partial charge is 0.497 e. The zero-order chi connectivity index (χ0) is 14.5. The van der Waals surface area contributed by atoms with Crippen molar-refractivity contribution in [1.82, 2.24) is 20.2 Å². The molecule has 1 aromatic carbocycles. The number of methoxy groups -OCH3 is 2. The van der Waals surface area contributed by atoms with E-state index in [1.54, 1.807) is 31.0 Å². The van der Waals surface area contributed by atoms with Crippen molar-refractivity contribution < 1.29 is 9.47 Å². The van der Waals surface area contributed by atoms with Crippen molar-refractivity contribution in [3.63, 3.8) is 0 Å². The van der Waals surface area contributed by atoms with E-state index in [1.807, 2.05) is 6.07 Å². The van der Waals surface area contributed by atoms with Gasteiger partial charge in [0.15, 0.2) is 5.82 Å². The van der Waals surface area contributed by atoms with E-state index < -0.39 is 0 Å². The van der Waals surface area contributed by atoms with E-state index in [9.17, 15) is 0 Å². The summed E-state index contributed by atoms with van der Waals surface area (Å²) in [5.74, 6) is 1.33. The van der Waals surface area contributed by atoms with Crippen LogP contribution in [0.2, 0.25) is 0 Å². The van der Waals surface area contributed by atoms with Gasteiger partial charge in [-0.25, -0.2) is 4.68 Å². The van der Waals surface area contributed by atoms with Gasteiger partial charge < -0.3 is 15.2 Å². The molecule has 0 radical (unpaired) electrons. The average Bonchev–Trinajstić information content (AvgIpc) is 2.94. The summed E-state index contributed by atoms with van der Waals surface area (Å²) in [7, 11) is 3.27. The topological polar surface area (TPSA) is 88.1 Å². The number of nitrogens with zero attached hydrogens (tertiary/aromatic N) is 4. The Morgan fingerprint density at radius 2 is 2.15 bits per heavy atom. The third-order valence-electron chi connectivity index (χ3n) is 3.17. The van der Waals surface area contributed by atoms with Gasteiger partial charge in [-0.1, -0.05) is 6.92 Å². The number of anilines is 1. The standard InChI is InChI=1S/C13H19N5O2/c1-4-9(8-19-2)18-13(15-16-17-18)11-7-10(20-3)5-6-12(11)14/h5-7,9H,4,8,14H2,1-3H3. The van der Waals surface area contributed by atoms with Gasteiger partial charge in [-0.15, -0.1) is 5.10 Å². The van der Waals surface area contributed by atoms with Gasteiger partial charge in [0, 0.05) is 18.4 Å². The highest BCUT2D eigenvalue weighted by Crippen LogP contribution is 2.29. The van der Waals surface area contributed by atoms with Crippen molar-refractivity contribution in [3.05, 3.63) is 18.2 Å². The summed E-state index contributed by atoms with van der Waals surface area (Å²) < 4.78 is 12.2. The van der Waals surface area contributed by atoms with Crippen LogP contribution in [0.15, 0.2) is 18.2 Å². The lowest BCUT2D eigenvalue weighted by molar-refractivity contribution is 0.147. The van der Waals surface area contributed by atoms with E-state index in [1.165, 1.54) is 0 Å². The van der Waals surface area contributed by atoms with Gasteiger partial charge in [-0.05, 0) is 35.0 Å². The number of rotatable bonds is 6. The van der Waals surface area contributed by atoms with Gasteiger partial charge in [0.1, 0.15) is 5.75 Å². The van der Waals surface area contributed by atoms with Gasteiger partial charge in [0.25, 0.3) is 0 Å². The van der Waals surface area contributed by atoms with Gasteiger partial charge >= 0.3 is 0 Å². The molecule has 1 heterocycles. The maximum absolute atomic E-state index is 6.02. The first kappa shape index (κ1) is 14.3. The maximum atomic E-state index is 6.02. The molecule has 1 atom stereocenters. The molecule has 7 nitrogen and oxygen atoms in total. The van der Waals surface area contributed by atoms with Gasteiger partial charge in [-0.2, -0.15) is 0 Å². The molecule has 2 N–H and O–H groups in total. The van der Waals surface area contributed by atoms with Crippen molar-refractivity contribution >= 4 is 5.69 Å². The van der Waals surface area contributed by atoms with Crippen LogP contribution in [-0.2, 0) is 4.74 Å². The van der Waals surface area contributed by atoms with Crippen LogP contribution in [0.3, 0.4) is 0 Å². The van der Waals surface area contributed by atoms with Crippen LogP contribution in [-0.4, -0.2) is 41.0 Å². The first-order chi connectivity index (χ1) is 9.71. The van der Waals surface area contributed by atoms with E-state index in [-0.39, 0.29) is 6.04 Å². The summed E-state index contributed by atoms with van der Waals surface area (Å²) in [5, 5.41) is 11.9. The van der Waals surface area contributed by atoms with Crippen LogP contribution in [0.5, 0.6) is 5.75 Å². The normalized spacial score (nSPS) is 12.3. The second-order valence-electron chi connectivity index (χ2n) is 4.42. The third-order valence-corrected chi connectivity index (χ3v) is 3.17. The molecular formula is C13H19N5O2. The summed E-state index contributed by atoms with van der Waals surface area (Å²) in [6, 6.07) is 5.48. The smallest absolute Gasteiger partial charge is 0.184 e. The van der Waals surface area contributed by atoms with E-state index in [0.717, 1.165) is 12.0 Å². The molecule has 0 amide bonds. The van der Waals surface area contributed by atoms with Gasteiger partial charge in [0.05, 0.1) is 19.8 Å². The Morgan fingerprint density at radius 1 is 1.35 bits per heavy atom. The Hall–Kier alpha value is -2.15. The molecule has 2 aromatic rings.